The van der Waals surface area contributed by atoms with Gasteiger partial charge in [-0.1, -0.05) is 29.0 Å². The van der Waals surface area contributed by atoms with Crippen LogP contribution >= 0.6 is 22.9 Å². The highest BCUT2D eigenvalue weighted by atomic mass is 35.5. The molecule has 0 spiro atoms. The molecular weight excluding hydrogens is 442 g/mol. The highest BCUT2D eigenvalue weighted by Gasteiger charge is 2.27. The molecule has 0 saturated carbocycles. The van der Waals surface area contributed by atoms with Crippen molar-refractivity contribution in [3.8, 4) is 0 Å². The monoisotopic (exact) mass is 463 g/mol. The van der Waals surface area contributed by atoms with E-state index in [-0.39, 0.29) is 4.90 Å². The highest BCUT2D eigenvalue weighted by molar-refractivity contribution is 7.89. The lowest BCUT2D eigenvalue weighted by molar-refractivity contribution is 0.0997. The zero-order chi connectivity index (χ0) is 21.5. The molecule has 0 bridgehead atoms. The maximum absolute atomic E-state index is 12.8. The number of sulfonamides is 1. The van der Waals surface area contributed by atoms with Gasteiger partial charge < -0.3 is 4.57 Å². The summed E-state index contributed by atoms with van der Waals surface area (Å²) in [6.45, 7) is 5.74. The van der Waals surface area contributed by atoms with E-state index in [0.29, 0.717) is 35.0 Å². The minimum absolute atomic E-state index is 0.203. The lowest BCUT2D eigenvalue weighted by Crippen LogP contribution is -2.27. The van der Waals surface area contributed by atoms with Gasteiger partial charge in [0.1, 0.15) is 0 Å². The minimum Gasteiger partial charge on any atom is -0.316 e. The number of rotatable bonds is 4. The lowest BCUT2D eigenvalue weighted by atomic mass is 10.2. The summed E-state index contributed by atoms with van der Waals surface area (Å²) < 4.78 is 29.7. The fourth-order valence-corrected chi connectivity index (χ4v) is 6.65. The van der Waals surface area contributed by atoms with Gasteiger partial charge in [-0.25, -0.2) is 8.42 Å². The largest absolute Gasteiger partial charge is 0.316 e. The van der Waals surface area contributed by atoms with Crippen LogP contribution in [0.3, 0.4) is 0 Å². The van der Waals surface area contributed by atoms with Crippen molar-refractivity contribution in [3.05, 3.63) is 57.3 Å². The third kappa shape index (κ3) is 3.73. The molecule has 6 nitrogen and oxygen atoms in total. The van der Waals surface area contributed by atoms with Gasteiger partial charge in [0, 0.05) is 25.2 Å². The van der Waals surface area contributed by atoms with E-state index < -0.39 is 15.9 Å². The Balaban J connectivity index is 1.70. The van der Waals surface area contributed by atoms with Crippen LogP contribution in [0.1, 0.15) is 35.7 Å². The Morgan fingerprint density at radius 2 is 1.80 bits per heavy atom. The SMILES string of the molecule is CCn1c(=NC(=O)c2ccc(S(=O)(=O)N3CCCC3)cc2)sc2c(Cl)ccc(C)c21. The second kappa shape index (κ2) is 8.26. The third-order valence-electron chi connectivity index (χ3n) is 5.30. The average Bonchev–Trinajstić information content (AvgIpc) is 3.40. The molecule has 1 aromatic heterocycles. The molecule has 0 N–H and O–H groups in total. The summed E-state index contributed by atoms with van der Waals surface area (Å²) in [4.78, 5) is 17.9. The molecule has 9 heteroatoms. The number of halogens is 1. The first-order valence-corrected chi connectivity index (χ1v) is 12.4. The van der Waals surface area contributed by atoms with Crippen molar-refractivity contribution >= 4 is 49.1 Å². The summed E-state index contributed by atoms with van der Waals surface area (Å²) in [7, 11) is -3.50. The quantitative estimate of drug-likeness (QED) is 0.581. The first-order chi connectivity index (χ1) is 14.3. The molecule has 1 fully saturated rings. The first kappa shape index (κ1) is 21.2. The number of fused-ring (bicyclic) bond motifs is 1. The zero-order valence-electron chi connectivity index (χ0n) is 16.8. The Hall–Kier alpha value is -2.00. The second-order valence-corrected chi connectivity index (χ2v) is 10.5. The predicted octanol–water partition coefficient (Wildman–Crippen LogP) is 4.21. The van der Waals surface area contributed by atoms with Gasteiger partial charge in [-0.15, -0.1) is 0 Å². The fraction of sp³-hybridized carbons (Fsp3) is 0.333. The van der Waals surface area contributed by atoms with Crippen molar-refractivity contribution in [2.45, 2.75) is 38.1 Å². The van der Waals surface area contributed by atoms with Crippen LogP contribution in [-0.4, -0.2) is 36.3 Å². The van der Waals surface area contributed by atoms with Crippen molar-refractivity contribution < 1.29 is 13.2 Å². The van der Waals surface area contributed by atoms with E-state index in [1.54, 1.807) is 0 Å². The predicted molar refractivity (Wildman–Crippen MR) is 120 cm³/mol. The molecule has 3 aromatic rings. The Kier molecular flexibility index (Phi) is 5.85. The van der Waals surface area contributed by atoms with Gasteiger partial charge in [-0.2, -0.15) is 9.30 Å². The van der Waals surface area contributed by atoms with Gasteiger partial charge in [-0.05, 0) is 62.6 Å². The summed E-state index contributed by atoms with van der Waals surface area (Å²) in [6, 6.07) is 9.81. The molecule has 1 aliphatic rings. The van der Waals surface area contributed by atoms with Crippen LogP contribution in [0.4, 0.5) is 0 Å². The smallest absolute Gasteiger partial charge is 0.279 e. The van der Waals surface area contributed by atoms with Gasteiger partial charge in [0.05, 0.1) is 20.1 Å². The molecule has 1 aliphatic heterocycles. The summed E-state index contributed by atoms with van der Waals surface area (Å²) in [6.07, 6.45) is 1.76. The zero-order valence-corrected chi connectivity index (χ0v) is 19.1. The number of hydrogen-bond donors (Lipinski definition) is 0. The van der Waals surface area contributed by atoms with E-state index in [1.165, 1.54) is 39.9 Å². The van der Waals surface area contributed by atoms with Gasteiger partial charge in [0.25, 0.3) is 5.91 Å². The molecule has 30 heavy (non-hydrogen) atoms. The first-order valence-electron chi connectivity index (χ1n) is 9.80. The molecule has 0 atom stereocenters. The summed E-state index contributed by atoms with van der Waals surface area (Å²) in [5.74, 6) is -0.414. The highest BCUT2D eigenvalue weighted by Crippen LogP contribution is 2.29. The topological polar surface area (TPSA) is 71.7 Å². The number of benzene rings is 2. The molecule has 0 unspecified atom stereocenters. The van der Waals surface area contributed by atoms with Crippen molar-refractivity contribution in [2.75, 3.05) is 13.1 Å². The van der Waals surface area contributed by atoms with Crippen molar-refractivity contribution in [1.82, 2.24) is 8.87 Å². The van der Waals surface area contributed by atoms with Gasteiger partial charge in [0.2, 0.25) is 10.0 Å². The van der Waals surface area contributed by atoms with E-state index >= 15 is 0 Å². The van der Waals surface area contributed by atoms with E-state index in [4.69, 9.17) is 11.6 Å². The van der Waals surface area contributed by atoms with E-state index in [1.807, 2.05) is 30.5 Å². The average molecular weight is 464 g/mol. The number of carbonyl (C=O) groups is 1. The van der Waals surface area contributed by atoms with Crippen molar-refractivity contribution in [3.63, 3.8) is 0 Å². The summed E-state index contributed by atoms with van der Waals surface area (Å²) in [5, 5.41) is 0.633. The maximum Gasteiger partial charge on any atom is 0.279 e. The molecule has 158 valence electrons. The lowest BCUT2D eigenvalue weighted by Gasteiger charge is -2.15. The number of nitrogens with zero attached hydrogens (tertiary/aromatic N) is 3. The maximum atomic E-state index is 12.8. The molecule has 2 aromatic carbocycles. The van der Waals surface area contributed by atoms with Crippen molar-refractivity contribution in [1.29, 1.82) is 0 Å². The summed E-state index contributed by atoms with van der Waals surface area (Å²) in [5.41, 5.74) is 2.39. The van der Waals surface area contributed by atoms with Crippen LogP contribution in [0.25, 0.3) is 10.2 Å². The Morgan fingerprint density at radius 3 is 2.43 bits per heavy atom. The van der Waals surface area contributed by atoms with Crippen LogP contribution < -0.4 is 4.80 Å². The Labute approximate surface area is 184 Å². The van der Waals surface area contributed by atoms with E-state index in [0.717, 1.165) is 28.6 Å². The number of aromatic nitrogens is 1. The number of thiazole rings is 1. The molecule has 4 rings (SSSR count). The van der Waals surface area contributed by atoms with E-state index in [9.17, 15) is 13.2 Å². The van der Waals surface area contributed by atoms with Crippen LogP contribution in [0.2, 0.25) is 5.02 Å². The Morgan fingerprint density at radius 1 is 1.13 bits per heavy atom. The molecular formula is C21H22ClN3O3S2. The van der Waals surface area contributed by atoms with Crippen LogP contribution in [-0.2, 0) is 16.6 Å². The van der Waals surface area contributed by atoms with Crippen molar-refractivity contribution in [2.24, 2.45) is 4.99 Å². The number of hydrogen-bond acceptors (Lipinski definition) is 4. The number of aryl methyl sites for hydroxylation is 2. The normalized spacial score (nSPS) is 15.9. The molecule has 0 radical (unpaired) electrons. The second-order valence-electron chi connectivity index (χ2n) is 7.22. The standard InChI is InChI=1S/C21H22ClN3O3S2/c1-3-25-18-14(2)6-11-17(22)19(18)29-21(25)23-20(26)15-7-9-16(10-8-15)30(27,28)24-12-4-5-13-24/h6-11H,3-5,12-13H2,1-2H3. The van der Waals surface area contributed by atoms with Gasteiger partial charge >= 0.3 is 0 Å². The molecule has 0 aliphatic carbocycles. The molecule has 1 saturated heterocycles. The fourth-order valence-electron chi connectivity index (χ4n) is 3.69. The van der Waals surface area contributed by atoms with Crippen LogP contribution in [0, 0.1) is 6.92 Å². The third-order valence-corrected chi connectivity index (χ3v) is 8.75. The molecule has 1 amide bonds. The van der Waals surface area contributed by atoms with E-state index in [2.05, 4.69) is 4.99 Å². The van der Waals surface area contributed by atoms with Crippen LogP contribution in [0.5, 0.6) is 0 Å². The minimum atomic E-state index is -3.50. The Bertz CT molecular complexity index is 1290. The summed E-state index contributed by atoms with van der Waals surface area (Å²) >= 11 is 7.73. The molecule has 2 heterocycles. The van der Waals surface area contributed by atoms with Gasteiger partial charge in [-0.3, -0.25) is 4.79 Å². The van der Waals surface area contributed by atoms with Crippen LogP contribution in [0.15, 0.2) is 46.3 Å². The number of amides is 1. The van der Waals surface area contributed by atoms with Gasteiger partial charge in [0.15, 0.2) is 4.80 Å². The number of carbonyl (C=O) groups excluding carboxylic acids is 1.